The molecular weight excluding hydrogens is 358 g/mol. The quantitative estimate of drug-likeness (QED) is 0.714. The number of nitrogens with one attached hydrogen (secondary N) is 1. The molecule has 1 aromatic carbocycles. The van der Waals surface area contributed by atoms with E-state index in [0.29, 0.717) is 31.9 Å². The van der Waals surface area contributed by atoms with Crippen LogP contribution in [-0.4, -0.2) is 74.8 Å². The number of para-hydroxylation sites is 1. The van der Waals surface area contributed by atoms with Crippen molar-refractivity contribution in [1.82, 2.24) is 14.9 Å². The number of likely N-dealkylation sites (N-methyl/N-ethyl adjacent to an activating group) is 1. The Morgan fingerprint density at radius 2 is 1.79 bits per heavy atom. The van der Waals surface area contributed by atoms with Crippen molar-refractivity contribution in [2.75, 3.05) is 58.9 Å². The summed E-state index contributed by atoms with van der Waals surface area (Å²) in [5.41, 5.74) is 1.03. The molecule has 0 aliphatic carbocycles. The lowest BCUT2D eigenvalue weighted by Gasteiger charge is -2.34. The first-order chi connectivity index (χ1) is 13.6. The summed E-state index contributed by atoms with van der Waals surface area (Å²) in [5.74, 6) is 2.32. The molecule has 0 bridgehead atoms. The number of nitrogens with zero attached hydrogens (tertiary/aromatic N) is 4. The molecule has 1 N–H and O–H groups in total. The molecule has 1 amide bonds. The van der Waals surface area contributed by atoms with E-state index in [9.17, 15) is 4.79 Å². The number of anilines is 1. The maximum atomic E-state index is 12.7. The first kappa shape index (κ1) is 19.9. The third kappa shape index (κ3) is 4.69. The van der Waals surface area contributed by atoms with Gasteiger partial charge in [-0.1, -0.05) is 6.07 Å². The molecule has 1 aliphatic heterocycles. The average Bonchev–Trinajstić information content (AvgIpc) is 2.74. The molecule has 0 saturated carbocycles. The van der Waals surface area contributed by atoms with Gasteiger partial charge in [-0.05, 0) is 18.2 Å². The summed E-state index contributed by atoms with van der Waals surface area (Å²) in [6, 6.07) is 7.63. The topological polar surface area (TPSA) is 72.2 Å². The van der Waals surface area contributed by atoms with Crippen LogP contribution >= 0.6 is 0 Å². The minimum absolute atomic E-state index is 0.160. The van der Waals surface area contributed by atoms with E-state index in [-0.39, 0.29) is 5.91 Å². The number of hydrogen-bond donors (Lipinski definition) is 1. The molecule has 8 heteroatoms. The fraction of sp³-hybridized carbons (Fsp3) is 0.450. The minimum Gasteiger partial charge on any atom is -0.493 e. The van der Waals surface area contributed by atoms with Crippen molar-refractivity contribution >= 4 is 11.9 Å². The number of quaternary nitrogens is 1. The van der Waals surface area contributed by atoms with Crippen LogP contribution < -0.4 is 19.3 Å². The van der Waals surface area contributed by atoms with Crippen molar-refractivity contribution in [3.05, 3.63) is 42.2 Å². The Morgan fingerprint density at radius 3 is 2.43 bits per heavy atom. The third-order valence-corrected chi connectivity index (χ3v) is 4.90. The number of hydrogen-bond acceptors (Lipinski definition) is 6. The van der Waals surface area contributed by atoms with Gasteiger partial charge in [0.05, 0.1) is 26.8 Å². The summed E-state index contributed by atoms with van der Waals surface area (Å²) in [6.45, 7) is 3.99. The smallest absolute Gasteiger partial charge is 0.277 e. The van der Waals surface area contributed by atoms with E-state index in [1.807, 2.05) is 30.1 Å². The first-order valence-electron chi connectivity index (χ1n) is 9.43. The van der Waals surface area contributed by atoms with Gasteiger partial charge in [0.15, 0.2) is 18.0 Å². The fourth-order valence-corrected chi connectivity index (χ4v) is 3.46. The van der Waals surface area contributed by atoms with Gasteiger partial charge in [0.2, 0.25) is 5.95 Å². The standard InChI is InChI=1S/C20H27N5O3/c1-23(14-16-6-4-7-17(27-2)19(16)28-3)15-18(26)24-10-12-25(13-11-24)20-21-8-5-9-22-20/h4-9H,10-15H2,1-3H3/p+1. The van der Waals surface area contributed by atoms with Gasteiger partial charge in [0.25, 0.3) is 5.91 Å². The molecule has 1 fully saturated rings. The molecule has 28 heavy (non-hydrogen) atoms. The van der Waals surface area contributed by atoms with Crippen molar-refractivity contribution in [2.24, 2.45) is 0 Å². The summed E-state index contributed by atoms with van der Waals surface area (Å²) < 4.78 is 10.8. The van der Waals surface area contributed by atoms with Crippen molar-refractivity contribution in [1.29, 1.82) is 0 Å². The second-order valence-electron chi connectivity index (χ2n) is 6.88. The number of carbonyl (C=O) groups excluding carboxylic acids is 1. The lowest BCUT2D eigenvalue weighted by Crippen LogP contribution is -3.09. The molecular formula is C20H28N5O3+. The summed E-state index contributed by atoms with van der Waals surface area (Å²) >= 11 is 0. The maximum absolute atomic E-state index is 12.7. The Hall–Kier alpha value is -2.87. The minimum atomic E-state index is 0.160. The monoisotopic (exact) mass is 386 g/mol. The van der Waals surface area contributed by atoms with E-state index >= 15 is 0 Å². The van der Waals surface area contributed by atoms with Gasteiger partial charge in [-0.15, -0.1) is 0 Å². The lowest BCUT2D eigenvalue weighted by atomic mass is 10.1. The molecule has 1 aromatic heterocycles. The molecule has 8 nitrogen and oxygen atoms in total. The molecule has 3 rings (SSSR count). The molecule has 150 valence electrons. The highest BCUT2D eigenvalue weighted by Crippen LogP contribution is 2.30. The lowest BCUT2D eigenvalue weighted by molar-refractivity contribution is -0.885. The Bertz CT molecular complexity index is 779. The Morgan fingerprint density at radius 1 is 1.07 bits per heavy atom. The third-order valence-electron chi connectivity index (χ3n) is 4.90. The van der Waals surface area contributed by atoms with Crippen LogP contribution in [0.2, 0.25) is 0 Å². The van der Waals surface area contributed by atoms with Crippen LogP contribution in [0.3, 0.4) is 0 Å². The van der Waals surface area contributed by atoms with E-state index in [1.165, 1.54) is 0 Å². The fourth-order valence-electron chi connectivity index (χ4n) is 3.46. The van der Waals surface area contributed by atoms with Crippen LogP contribution in [0.5, 0.6) is 11.5 Å². The molecule has 1 saturated heterocycles. The van der Waals surface area contributed by atoms with Gasteiger partial charge in [-0.25, -0.2) is 9.97 Å². The van der Waals surface area contributed by atoms with Gasteiger partial charge < -0.3 is 24.2 Å². The van der Waals surface area contributed by atoms with Gasteiger partial charge in [-0.2, -0.15) is 0 Å². The van der Waals surface area contributed by atoms with Crippen LogP contribution in [0.25, 0.3) is 0 Å². The Labute approximate surface area is 165 Å². The number of benzene rings is 1. The largest absolute Gasteiger partial charge is 0.493 e. The summed E-state index contributed by atoms with van der Waals surface area (Å²) in [4.78, 5) is 26.4. The van der Waals surface area contributed by atoms with Gasteiger partial charge >= 0.3 is 0 Å². The second-order valence-corrected chi connectivity index (χ2v) is 6.88. The number of ether oxygens (including phenoxy) is 2. The highest BCUT2D eigenvalue weighted by molar-refractivity contribution is 5.77. The Kier molecular flexibility index (Phi) is 6.65. The molecule has 1 aliphatic rings. The summed E-state index contributed by atoms with van der Waals surface area (Å²) in [5, 5.41) is 0. The van der Waals surface area contributed by atoms with Gasteiger partial charge in [0.1, 0.15) is 6.54 Å². The van der Waals surface area contributed by atoms with Crippen molar-refractivity contribution < 1.29 is 19.2 Å². The second kappa shape index (κ2) is 9.36. The van der Waals surface area contributed by atoms with Crippen LogP contribution in [0, 0.1) is 0 Å². The predicted octanol–water partition coefficient (Wildman–Crippen LogP) is -0.143. The SMILES string of the molecule is COc1cccc(C[NH+](C)CC(=O)N2CCN(c3ncccn3)CC2)c1OC. The van der Waals surface area contributed by atoms with E-state index in [1.54, 1.807) is 32.7 Å². The van der Waals surface area contributed by atoms with Crippen LogP contribution in [0.4, 0.5) is 5.95 Å². The van der Waals surface area contributed by atoms with E-state index in [2.05, 4.69) is 14.9 Å². The predicted molar refractivity (Wildman–Crippen MR) is 106 cm³/mol. The Balaban J connectivity index is 1.53. The van der Waals surface area contributed by atoms with Crippen molar-refractivity contribution in [2.45, 2.75) is 6.54 Å². The molecule has 2 heterocycles. The zero-order chi connectivity index (χ0) is 19.9. The normalized spacial score (nSPS) is 15.2. The van der Waals surface area contributed by atoms with E-state index in [4.69, 9.17) is 9.47 Å². The molecule has 2 aromatic rings. The van der Waals surface area contributed by atoms with Crippen LogP contribution in [-0.2, 0) is 11.3 Å². The molecule has 1 unspecified atom stereocenters. The van der Waals surface area contributed by atoms with Crippen LogP contribution in [0.1, 0.15) is 5.56 Å². The summed E-state index contributed by atoms with van der Waals surface area (Å²) in [6.07, 6.45) is 3.48. The number of methoxy groups -OCH3 is 2. The number of amides is 1. The number of carbonyl (C=O) groups is 1. The van der Waals surface area contributed by atoms with E-state index in [0.717, 1.165) is 35.3 Å². The molecule has 0 radical (unpaired) electrons. The highest BCUT2D eigenvalue weighted by Gasteiger charge is 2.25. The van der Waals surface area contributed by atoms with Gasteiger partial charge in [-0.3, -0.25) is 4.79 Å². The van der Waals surface area contributed by atoms with Gasteiger partial charge in [0, 0.05) is 38.6 Å². The zero-order valence-electron chi connectivity index (χ0n) is 16.7. The van der Waals surface area contributed by atoms with Crippen molar-refractivity contribution in [3.63, 3.8) is 0 Å². The molecule has 1 atom stereocenters. The highest BCUT2D eigenvalue weighted by atomic mass is 16.5. The van der Waals surface area contributed by atoms with Crippen LogP contribution in [0.15, 0.2) is 36.7 Å². The molecule has 0 spiro atoms. The number of aromatic nitrogens is 2. The van der Waals surface area contributed by atoms with Crippen molar-refractivity contribution in [3.8, 4) is 11.5 Å². The number of piperazine rings is 1. The van der Waals surface area contributed by atoms with E-state index < -0.39 is 0 Å². The summed E-state index contributed by atoms with van der Waals surface area (Å²) in [7, 11) is 5.28. The first-order valence-corrected chi connectivity index (χ1v) is 9.43. The number of rotatable bonds is 7. The average molecular weight is 386 g/mol. The zero-order valence-corrected chi connectivity index (χ0v) is 16.7. The maximum Gasteiger partial charge on any atom is 0.277 e.